The monoisotopic (exact) mass is 239 g/mol. The zero-order valence-corrected chi connectivity index (χ0v) is 10.3. The molecular formula is C13H21NO3. The number of hydrogen-bond acceptors (Lipinski definition) is 4. The quantitative estimate of drug-likeness (QED) is 0.642. The van der Waals surface area contributed by atoms with E-state index >= 15 is 0 Å². The van der Waals surface area contributed by atoms with Crippen LogP contribution in [0.15, 0.2) is 24.3 Å². The largest absolute Gasteiger partial charge is 0.508 e. The molecule has 17 heavy (non-hydrogen) atoms. The number of aromatic hydroxyl groups is 1. The summed E-state index contributed by atoms with van der Waals surface area (Å²) in [4.78, 5) is 0. The molecule has 0 saturated carbocycles. The smallest absolute Gasteiger partial charge is 0.115 e. The van der Waals surface area contributed by atoms with Crippen LogP contribution in [0, 0.1) is 0 Å². The normalized spacial score (nSPS) is 10.6. The van der Waals surface area contributed by atoms with Crippen molar-refractivity contribution >= 4 is 0 Å². The molecule has 0 amide bonds. The van der Waals surface area contributed by atoms with E-state index in [1.807, 2.05) is 12.1 Å². The fraction of sp³-hybridized carbons (Fsp3) is 0.538. The second-order valence-electron chi connectivity index (χ2n) is 3.81. The lowest BCUT2D eigenvalue weighted by atomic mass is 10.2. The van der Waals surface area contributed by atoms with Gasteiger partial charge < -0.3 is 19.9 Å². The number of phenols is 1. The van der Waals surface area contributed by atoms with Gasteiger partial charge in [-0.1, -0.05) is 12.1 Å². The van der Waals surface area contributed by atoms with E-state index in [1.165, 1.54) is 0 Å². The number of rotatable bonds is 9. The predicted molar refractivity (Wildman–Crippen MR) is 67.1 cm³/mol. The minimum absolute atomic E-state index is 0.312. The third kappa shape index (κ3) is 6.94. The number of methoxy groups -OCH3 is 1. The second-order valence-corrected chi connectivity index (χ2v) is 3.81. The van der Waals surface area contributed by atoms with Gasteiger partial charge in [0.15, 0.2) is 0 Å². The molecule has 0 aliphatic heterocycles. The fourth-order valence-corrected chi connectivity index (χ4v) is 1.44. The lowest BCUT2D eigenvalue weighted by molar-refractivity contribution is 0.0695. The zero-order chi connectivity index (χ0) is 12.3. The van der Waals surface area contributed by atoms with E-state index in [0.29, 0.717) is 19.0 Å². The van der Waals surface area contributed by atoms with E-state index in [9.17, 15) is 5.11 Å². The van der Waals surface area contributed by atoms with Gasteiger partial charge in [-0.15, -0.1) is 0 Å². The fourth-order valence-electron chi connectivity index (χ4n) is 1.44. The minimum atomic E-state index is 0.312. The average molecular weight is 239 g/mol. The summed E-state index contributed by atoms with van der Waals surface area (Å²) in [5.74, 6) is 0.312. The maximum atomic E-state index is 9.28. The Kier molecular flexibility index (Phi) is 7.38. The Morgan fingerprint density at radius 2 is 2.12 bits per heavy atom. The van der Waals surface area contributed by atoms with Crippen LogP contribution in [-0.4, -0.2) is 38.6 Å². The molecule has 0 spiro atoms. The molecule has 0 aliphatic rings. The number of phenolic OH excluding ortho intramolecular Hbond substituents is 1. The summed E-state index contributed by atoms with van der Waals surface area (Å²) < 4.78 is 10.2. The van der Waals surface area contributed by atoms with Crippen molar-refractivity contribution in [3.8, 4) is 5.75 Å². The Balaban J connectivity index is 1.97. The molecule has 1 rings (SSSR count). The number of ether oxygens (including phenoxy) is 2. The molecule has 2 N–H and O–H groups in total. The Bertz CT molecular complexity index is 304. The first-order chi connectivity index (χ1) is 8.33. The van der Waals surface area contributed by atoms with Gasteiger partial charge in [0.1, 0.15) is 5.75 Å². The van der Waals surface area contributed by atoms with Gasteiger partial charge in [-0.25, -0.2) is 0 Å². The van der Waals surface area contributed by atoms with Gasteiger partial charge >= 0.3 is 0 Å². The first-order valence-corrected chi connectivity index (χ1v) is 5.88. The molecule has 0 aliphatic carbocycles. The van der Waals surface area contributed by atoms with Gasteiger partial charge in [-0.05, 0) is 30.7 Å². The molecule has 0 unspecified atom stereocenters. The third-order valence-corrected chi connectivity index (χ3v) is 2.31. The van der Waals surface area contributed by atoms with Crippen LogP contribution in [0.3, 0.4) is 0 Å². The van der Waals surface area contributed by atoms with Crippen LogP contribution in [-0.2, 0) is 16.0 Å². The van der Waals surface area contributed by atoms with Crippen molar-refractivity contribution in [1.29, 1.82) is 0 Å². The lowest BCUT2D eigenvalue weighted by Gasteiger charge is -2.06. The third-order valence-electron chi connectivity index (χ3n) is 2.31. The van der Waals surface area contributed by atoms with Crippen LogP contribution >= 0.6 is 0 Å². The molecule has 1 aromatic carbocycles. The molecule has 0 fully saturated rings. The molecule has 0 saturated heterocycles. The summed E-state index contributed by atoms with van der Waals surface area (Å²) in [5.41, 5.74) is 1.09. The highest BCUT2D eigenvalue weighted by molar-refractivity contribution is 5.26. The summed E-state index contributed by atoms with van der Waals surface area (Å²) in [6, 6.07) is 7.28. The minimum Gasteiger partial charge on any atom is -0.508 e. The van der Waals surface area contributed by atoms with Crippen LogP contribution in [0.5, 0.6) is 5.75 Å². The van der Waals surface area contributed by atoms with Gasteiger partial charge in [-0.3, -0.25) is 0 Å². The van der Waals surface area contributed by atoms with Crippen molar-refractivity contribution in [2.24, 2.45) is 0 Å². The van der Waals surface area contributed by atoms with Crippen LogP contribution in [0.1, 0.15) is 12.0 Å². The maximum absolute atomic E-state index is 9.28. The molecule has 4 nitrogen and oxygen atoms in total. The van der Waals surface area contributed by atoms with Crippen molar-refractivity contribution in [2.45, 2.75) is 13.0 Å². The van der Waals surface area contributed by atoms with Gasteiger partial charge in [0.25, 0.3) is 0 Å². The number of benzene rings is 1. The Hall–Kier alpha value is -1.10. The van der Waals surface area contributed by atoms with E-state index < -0.39 is 0 Å². The van der Waals surface area contributed by atoms with Crippen molar-refractivity contribution < 1.29 is 14.6 Å². The van der Waals surface area contributed by atoms with Crippen molar-refractivity contribution in [2.75, 3.05) is 33.5 Å². The van der Waals surface area contributed by atoms with E-state index in [0.717, 1.165) is 31.7 Å². The van der Waals surface area contributed by atoms with Crippen molar-refractivity contribution in [1.82, 2.24) is 5.32 Å². The van der Waals surface area contributed by atoms with Gasteiger partial charge in [0.05, 0.1) is 13.2 Å². The first-order valence-electron chi connectivity index (χ1n) is 5.88. The Morgan fingerprint density at radius 1 is 1.24 bits per heavy atom. The Labute approximate surface area is 103 Å². The molecule has 0 atom stereocenters. The van der Waals surface area contributed by atoms with E-state index in [-0.39, 0.29) is 0 Å². The molecular weight excluding hydrogens is 218 g/mol. The molecule has 0 bridgehead atoms. The SMILES string of the molecule is COCCOCCCNCc1cccc(O)c1. The van der Waals surface area contributed by atoms with E-state index in [2.05, 4.69) is 5.32 Å². The average Bonchev–Trinajstić information content (AvgIpc) is 2.33. The molecule has 1 aromatic rings. The standard InChI is InChI=1S/C13H21NO3/c1-16-8-9-17-7-3-6-14-11-12-4-2-5-13(15)10-12/h2,4-5,10,14-15H,3,6-9,11H2,1H3. The van der Waals surface area contributed by atoms with E-state index in [1.54, 1.807) is 19.2 Å². The molecule has 0 radical (unpaired) electrons. The molecule has 0 aromatic heterocycles. The lowest BCUT2D eigenvalue weighted by Crippen LogP contribution is -2.16. The highest BCUT2D eigenvalue weighted by Gasteiger charge is 1.94. The summed E-state index contributed by atoms with van der Waals surface area (Å²) in [7, 11) is 1.67. The van der Waals surface area contributed by atoms with Crippen LogP contribution in [0.2, 0.25) is 0 Å². The highest BCUT2D eigenvalue weighted by Crippen LogP contribution is 2.10. The maximum Gasteiger partial charge on any atom is 0.115 e. The summed E-state index contributed by atoms with van der Waals surface area (Å²) >= 11 is 0. The topological polar surface area (TPSA) is 50.7 Å². The van der Waals surface area contributed by atoms with Crippen molar-refractivity contribution in [3.05, 3.63) is 29.8 Å². The number of nitrogens with one attached hydrogen (secondary N) is 1. The van der Waals surface area contributed by atoms with Gasteiger partial charge in [0.2, 0.25) is 0 Å². The second kappa shape index (κ2) is 8.98. The predicted octanol–water partition coefficient (Wildman–Crippen LogP) is 1.53. The summed E-state index contributed by atoms with van der Waals surface area (Å²) in [5, 5.41) is 12.6. The highest BCUT2D eigenvalue weighted by atomic mass is 16.5. The number of hydrogen-bond donors (Lipinski definition) is 2. The van der Waals surface area contributed by atoms with Crippen LogP contribution in [0.4, 0.5) is 0 Å². The zero-order valence-electron chi connectivity index (χ0n) is 10.3. The first kappa shape index (κ1) is 14.0. The Morgan fingerprint density at radius 3 is 2.88 bits per heavy atom. The van der Waals surface area contributed by atoms with E-state index in [4.69, 9.17) is 9.47 Å². The molecule has 0 heterocycles. The van der Waals surface area contributed by atoms with Gasteiger partial charge in [0, 0.05) is 20.3 Å². The summed E-state index contributed by atoms with van der Waals surface area (Å²) in [6.07, 6.45) is 0.975. The van der Waals surface area contributed by atoms with Crippen molar-refractivity contribution in [3.63, 3.8) is 0 Å². The van der Waals surface area contributed by atoms with Crippen LogP contribution < -0.4 is 5.32 Å². The molecule has 4 heteroatoms. The van der Waals surface area contributed by atoms with Gasteiger partial charge in [-0.2, -0.15) is 0 Å². The summed E-state index contributed by atoms with van der Waals surface area (Å²) in [6.45, 7) is 3.73. The molecule has 96 valence electrons. The van der Waals surface area contributed by atoms with Crippen LogP contribution in [0.25, 0.3) is 0 Å².